The van der Waals surface area contributed by atoms with Gasteiger partial charge in [-0.1, -0.05) is 59.2 Å². The van der Waals surface area contributed by atoms with Gasteiger partial charge in [-0.3, -0.25) is 9.59 Å². The molecule has 0 saturated carbocycles. The molecule has 0 saturated heterocycles. The number of carbonyl (C=O) groups excluding carboxylic acids is 2. The molecule has 2 aromatic rings. The minimum absolute atomic E-state index is 0.0664. The molecule has 0 fully saturated rings. The fourth-order valence-corrected chi connectivity index (χ4v) is 4.84. The molecule has 0 aliphatic carbocycles. The van der Waals surface area contributed by atoms with Crippen LogP contribution >= 0.6 is 35.0 Å². The number of halogens is 2. The maximum Gasteiger partial charge on any atom is 0.234 e. The van der Waals surface area contributed by atoms with Gasteiger partial charge in [-0.15, -0.1) is 0 Å². The molecule has 1 aliphatic rings. The second-order valence-corrected chi connectivity index (χ2v) is 9.13. The topological polar surface area (TPSA) is 82.0 Å². The van der Waals surface area contributed by atoms with Gasteiger partial charge in [0.2, 0.25) is 5.91 Å². The van der Waals surface area contributed by atoms with Crippen LogP contribution in [-0.4, -0.2) is 17.4 Å². The maximum absolute atomic E-state index is 12.5. The van der Waals surface area contributed by atoms with Crippen molar-refractivity contribution in [2.75, 3.05) is 11.1 Å². The van der Waals surface area contributed by atoms with Crippen molar-refractivity contribution in [2.45, 2.75) is 26.7 Å². The lowest BCUT2D eigenvalue weighted by molar-refractivity contribution is -0.114. The second-order valence-electron chi connectivity index (χ2n) is 7.33. The van der Waals surface area contributed by atoms with Gasteiger partial charge in [-0.2, -0.15) is 5.26 Å². The number of allylic oxidation sites excluding steroid dienone is 3. The first-order valence-corrected chi connectivity index (χ1v) is 11.5. The number of Topliss-reactive ketones (excluding diaryl/α,β-unsaturated/α-hetero) is 1. The number of hydrogen-bond donors (Lipinski definition) is 2. The highest BCUT2D eigenvalue weighted by Gasteiger charge is 2.34. The lowest BCUT2D eigenvalue weighted by Crippen LogP contribution is -2.28. The van der Waals surface area contributed by atoms with Crippen molar-refractivity contribution in [2.24, 2.45) is 0 Å². The Bertz CT molecular complexity index is 1200. The van der Waals surface area contributed by atoms with Gasteiger partial charge in [-0.05, 0) is 50.1 Å². The van der Waals surface area contributed by atoms with E-state index in [-0.39, 0.29) is 17.4 Å². The highest BCUT2D eigenvalue weighted by atomic mass is 35.5. The van der Waals surface area contributed by atoms with Crippen LogP contribution in [0.1, 0.15) is 30.9 Å². The van der Waals surface area contributed by atoms with Gasteiger partial charge in [0.05, 0.1) is 28.3 Å². The van der Waals surface area contributed by atoms with Gasteiger partial charge in [0.25, 0.3) is 0 Å². The summed E-state index contributed by atoms with van der Waals surface area (Å²) in [5, 5.41) is 17.5. The molecule has 1 atom stereocenters. The third-order valence-corrected chi connectivity index (χ3v) is 6.81. The minimum atomic E-state index is -0.603. The number of nitriles is 1. The summed E-state index contributed by atoms with van der Waals surface area (Å²) in [5.41, 5.74) is 3.66. The number of nitrogens with one attached hydrogen (secondary N) is 2. The van der Waals surface area contributed by atoms with Crippen molar-refractivity contribution in [1.82, 2.24) is 5.32 Å². The lowest BCUT2D eigenvalue weighted by atomic mass is 9.81. The molecule has 0 bridgehead atoms. The zero-order chi connectivity index (χ0) is 23.4. The Hall–Kier alpha value is -2.72. The number of anilines is 1. The molecule has 1 amide bonds. The monoisotopic (exact) mass is 485 g/mol. The highest BCUT2D eigenvalue weighted by Crippen LogP contribution is 2.42. The predicted molar refractivity (Wildman–Crippen MR) is 131 cm³/mol. The molecule has 1 aliphatic heterocycles. The van der Waals surface area contributed by atoms with Gasteiger partial charge in [0.1, 0.15) is 0 Å². The molecular weight excluding hydrogens is 465 g/mol. The molecule has 0 spiro atoms. The third-order valence-electron chi connectivity index (χ3n) is 5.05. The third kappa shape index (κ3) is 5.18. The smallest absolute Gasteiger partial charge is 0.234 e. The Kier molecular flexibility index (Phi) is 7.68. The Morgan fingerprint density at radius 1 is 1.16 bits per heavy atom. The quantitative estimate of drug-likeness (QED) is 0.527. The molecular formula is C24H21Cl2N3O2S. The summed E-state index contributed by atoms with van der Waals surface area (Å²) in [6, 6.07) is 14.7. The lowest BCUT2D eigenvalue weighted by Gasteiger charge is -2.29. The van der Waals surface area contributed by atoms with E-state index in [0.29, 0.717) is 43.2 Å². The van der Waals surface area contributed by atoms with Crippen molar-refractivity contribution in [1.29, 1.82) is 5.26 Å². The van der Waals surface area contributed by atoms with Crippen LogP contribution < -0.4 is 10.6 Å². The fourth-order valence-electron chi connectivity index (χ4n) is 3.52. The van der Waals surface area contributed by atoms with E-state index < -0.39 is 5.92 Å². The van der Waals surface area contributed by atoms with E-state index in [1.807, 2.05) is 25.1 Å². The summed E-state index contributed by atoms with van der Waals surface area (Å²) in [7, 11) is 0. The summed E-state index contributed by atoms with van der Waals surface area (Å²) in [6.07, 6.45) is 0. The standard InChI is InChI=1S/C24H21Cl2N3O2S/c1-13-8-9-16(10-20(13)26)29-21(31)12-32-24-18(11-27)23(17-6-4-5-7-19(17)25)22(15(3)30)14(2)28-24/h4-10,23,28H,12H2,1-3H3,(H,29,31)/t23-/m0/s1. The molecule has 3 rings (SSSR count). The SMILES string of the molecule is CC(=O)C1=C(C)NC(SCC(=O)Nc2ccc(C)c(Cl)c2)=C(C#N)[C@@H]1c1ccccc1Cl. The van der Waals surface area contributed by atoms with E-state index in [1.165, 1.54) is 18.7 Å². The van der Waals surface area contributed by atoms with Gasteiger partial charge in [0, 0.05) is 27.0 Å². The van der Waals surface area contributed by atoms with E-state index in [1.54, 1.807) is 31.2 Å². The average molecular weight is 486 g/mol. The number of nitrogens with zero attached hydrogens (tertiary/aromatic N) is 1. The Morgan fingerprint density at radius 3 is 2.50 bits per heavy atom. The second kappa shape index (κ2) is 10.3. The van der Waals surface area contributed by atoms with Crippen LogP contribution in [0.2, 0.25) is 10.0 Å². The van der Waals surface area contributed by atoms with Crippen LogP contribution in [0.5, 0.6) is 0 Å². The number of rotatable bonds is 6. The summed E-state index contributed by atoms with van der Waals surface area (Å²) in [6.45, 7) is 5.14. The van der Waals surface area contributed by atoms with Crippen molar-refractivity contribution in [3.05, 3.63) is 85.5 Å². The first-order chi connectivity index (χ1) is 15.2. The van der Waals surface area contributed by atoms with Crippen LogP contribution in [0.4, 0.5) is 5.69 Å². The van der Waals surface area contributed by atoms with Gasteiger partial charge in [0.15, 0.2) is 5.78 Å². The molecule has 5 nitrogen and oxygen atoms in total. The van der Waals surface area contributed by atoms with Crippen LogP contribution in [0.25, 0.3) is 0 Å². The van der Waals surface area contributed by atoms with Crippen molar-refractivity contribution >= 4 is 52.3 Å². The van der Waals surface area contributed by atoms with Crippen molar-refractivity contribution in [3.8, 4) is 6.07 Å². The number of aryl methyl sites for hydroxylation is 1. The first kappa shape index (κ1) is 23.9. The minimum Gasteiger partial charge on any atom is -0.353 e. The maximum atomic E-state index is 12.5. The summed E-state index contributed by atoms with van der Waals surface area (Å²) in [4.78, 5) is 24.9. The number of ketones is 1. The number of hydrogen-bond acceptors (Lipinski definition) is 5. The predicted octanol–water partition coefficient (Wildman–Crippen LogP) is 5.96. The van der Waals surface area contributed by atoms with Crippen LogP contribution in [0.15, 0.2) is 64.3 Å². The van der Waals surface area contributed by atoms with Crippen LogP contribution in [-0.2, 0) is 9.59 Å². The van der Waals surface area contributed by atoms with E-state index in [9.17, 15) is 14.9 Å². The molecule has 2 N–H and O–H groups in total. The summed E-state index contributed by atoms with van der Waals surface area (Å²) in [5.74, 6) is -0.925. The largest absolute Gasteiger partial charge is 0.353 e. The highest BCUT2D eigenvalue weighted by molar-refractivity contribution is 8.03. The molecule has 0 unspecified atom stereocenters. The molecule has 0 radical (unpaired) electrons. The molecule has 1 heterocycles. The van der Waals surface area contributed by atoms with E-state index in [0.717, 1.165) is 5.56 Å². The number of amides is 1. The fraction of sp³-hybridized carbons (Fsp3) is 0.208. The Labute approximate surface area is 201 Å². The Morgan fingerprint density at radius 2 is 1.88 bits per heavy atom. The first-order valence-electron chi connectivity index (χ1n) is 9.79. The van der Waals surface area contributed by atoms with Gasteiger partial charge < -0.3 is 10.6 Å². The number of dihydropyridines is 1. The van der Waals surface area contributed by atoms with Crippen LogP contribution in [0, 0.1) is 18.3 Å². The number of benzene rings is 2. The van der Waals surface area contributed by atoms with Crippen molar-refractivity contribution in [3.63, 3.8) is 0 Å². The normalized spacial score (nSPS) is 15.8. The van der Waals surface area contributed by atoms with Gasteiger partial charge in [-0.25, -0.2) is 0 Å². The molecule has 2 aromatic carbocycles. The number of thioether (sulfide) groups is 1. The average Bonchev–Trinajstić information content (AvgIpc) is 2.74. The zero-order valence-electron chi connectivity index (χ0n) is 17.8. The molecule has 164 valence electrons. The number of carbonyl (C=O) groups is 2. The molecule has 32 heavy (non-hydrogen) atoms. The van der Waals surface area contributed by atoms with E-state index >= 15 is 0 Å². The van der Waals surface area contributed by atoms with Gasteiger partial charge >= 0.3 is 0 Å². The Balaban J connectivity index is 1.88. The van der Waals surface area contributed by atoms with Crippen LogP contribution in [0.3, 0.4) is 0 Å². The summed E-state index contributed by atoms with van der Waals surface area (Å²) >= 11 is 13.7. The molecule has 8 heteroatoms. The van der Waals surface area contributed by atoms with Crippen molar-refractivity contribution < 1.29 is 9.59 Å². The van der Waals surface area contributed by atoms with E-state index in [4.69, 9.17) is 23.2 Å². The summed E-state index contributed by atoms with van der Waals surface area (Å²) < 4.78 is 0. The van der Waals surface area contributed by atoms with E-state index in [2.05, 4.69) is 16.7 Å². The zero-order valence-corrected chi connectivity index (χ0v) is 20.1. The molecule has 0 aromatic heterocycles.